The maximum atomic E-state index is 13.2. The van der Waals surface area contributed by atoms with E-state index < -0.39 is 26.4 Å². The van der Waals surface area contributed by atoms with Gasteiger partial charge in [-0.05, 0) is 32.9 Å². The van der Waals surface area contributed by atoms with Crippen molar-refractivity contribution >= 4 is 15.8 Å². The smallest absolute Gasteiger partial charge is 0.335 e. The molecule has 0 saturated carbocycles. The minimum absolute atomic E-state index is 0.00786. The Balaban J connectivity index is 2.75. The highest BCUT2D eigenvalue weighted by Gasteiger charge is 2.28. The van der Waals surface area contributed by atoms with Gasteiger partial charge < -0.3 is 9.84 Å². The third kappa shape index (κ3) is 4.19. The largest absolute Gasteiger partial charge is 0.492 e. The number of hydrogen-bond donors (Lipinski definition) is 1. The monoisotopic (exact) mass is 304 g/mol. The average molecular weight is 304 g/mol. The molecule has 0 aliphatic rings. The van der Waals surface area contributed by atoms with E-state index in [0.29, 0.717) is 0 Å². The van der Waals surface area contributed by atoms with Gasteiger partial charge in [0.2, 0.25) is 0 Å². The molecule has 1 aromatic carbocycles. The van der Waals surface area contributed by atoms with Crippen molar-refractivity contribution in [3.05, 3.63) is 29.6 Å². The number of carboxylic acids is 1. The Bertz CT molecular complexity index is 602. The minimum Gasteiger partial charge on any atom is -0.492 e. The van der Waals surface area contributed by atoms with Crippen LogP contribution in [-0.2, 0) is 9.84 Å². The number of benzene rings is 1. The van der Waals surface area contributed by atoms with Crippen molar-refractivity contribution in [1.29, 1.82) is 0 Å². The van der Waals surface area contributed by atoms with E-state index in [2.05, 4.69) is 0 Å². The predicted octanol–water partition coefficient (Wildman–Crippen LogP) is 2.12. The first-order chi connectivity index (χ1) is 9.03. The first-order valence-electron chi connectivity index (χ1n) is 5.92. The van der Waals surface area contributed by atoms with Gasteiger partial charge in [0.15, 0.2) is 9.84 Å². The van der Waals surface area contributed by atoms with Crippen molar-refractivity contribution in [1.82, 2.24) is 0 Å². The van der Waals surface area contributed by atoms with Gasteiger partial charge in [-0.2, -0.15) is 0 Å². The van der Waals surface area contributed by atoms with Gasteiger partial charge in [-0.25, -0.2) is 17.6 Å². The van der Waals surface area contributed by atoms with E-state index in [4.69, 9.17) is 9.84 Å². The molecule has 20 heavy (non-hydrogen) atoms. The normalized spacial score (nSPS) is 12.2. The molecule has 0 fully saturated rings. The molecule has 0 saturated heterocycles. The van der Waals surface area contributed by atoms with Gasteiger partial charge in [-0.3, -0.25) is 0 Å². The Kier molecular flexibility index (Phi) is 4.75. The molecule has 0 radical (unpaired) electrons. The minimum atomic E-state index is -3.34. The Morgan fingerprint density at radius 3 is 2.40 bits per heavy atom. The van der Waals surface area contributed by atoms with Crippen LogP contribution in [0.15, 0.2) is 18.2 Å². The van der Waals surface area contributed by atoms with Gasteiger partial charge in [-0.1, -0.05) is 0 Å². The number of ether oxygens (including phenoxy) is 1. The van der Waals surface area contributed by atoms with Crippen LogP contribution >= 0.6 is 0 Å². The Labute approximate surface area is 117 Å². The van der Waals surface area contributed by atoms with Crippen LogP contribution in [0.5, 0.6) is 5.75 Å². The fourth-order valence-corrected chi connectivity index (χ4v) is 2.26. The third-order valence-electron chi connectivity index (χ3n) is 2.67. The summed E-state index contributed by atoms with van der Waals surface area (Å²) in [5.41, 5.74) is -0.251. The van der Waals surface area contributed by atoms with E-state index in [1.165, 1.54) is 0 Å². The van der Waals surface area contributed by atoms with Crippen LogP contribution < -0.4 is 4.74 Å². The van der Waals surface area contributed by atoms with Crippen LogP contribution in [0.2, 0.25) is 0 Å². The van der Waals surface area contributed by atoms with Crippen molar-refractivity contribution < 1.29 is 27.4 Å². The Morgan fingerprint density at radius 1 is 1.30 bits per heavy atom. The Morgan fingerprint density at radius 2 is 1.90 bits per heavy atom. The number of aromatic carboxylic acids is 1. The fourth-order valence-electron chi connectivity index (χ4n) is 1.34. The van der Waals surface area contributed by atoms with Crippen molar-refractivity contribution in [3.63, 3.8) is 0 Å². The van der Waals surface area contributed by atoms with Gasteiger partial charge >= 0.3 is 5.97 Å². The fraction of sp³-hybridized carbons (Fsp3) is 0.462. The molecule has 0 heterocycles. The molecular formula is C13H17FO5S. The first kappa shape index (κ1) is 16.4. The van der Waals surface area contributed by atoms with Gasteiger partial charge in [0.1, 0.15) is 18.2 Å². The zero-order valence-electron chi connectivity index (χ0n) is 11.5. The molecule has 0 aliphatic heterocycles. The predicted molar refractivity (Wildman–Crippen MR) is 72.4 cm³/mol. The number of carboxylic acid groups (broad SMARTS) is 1. The average Bonchev–Trinajstić information content (AvgIpc) is 2.26. The van der Waals surface area contributed by atoms with Crippen LogP contribution in [0.25, 0.3) is 0 Å². The summed E-state index contributed by atoms with van der Waals surface area (Å²) in [5.74, 6) is -2.27. The van der Waals surface area contributed by atoms with E-state index in [-0.39, 0.29) is 23.7 Å². The molecule has 1 N–H and O–H groups in total. The lowest BCUT2D eigenvalue weighted by atomic mass is 10.2. The molecule has 0 bridgehead atoms. The SMILES string of the molecule is CC(C)(C)S(=O)(=O)CCOc1cc(F)cc(C(=O)O)c1. The summed E-state index contributed by atoms with van der Waals surface area (Å²) in [6.45, 7) is 4.56. The summed E-state index contributed by atoms with van der Waals surface area (Å²) in [4.78, 5) is 10.8. The molecule has 0 spiro atoms. The van der Waals surface area contributed by atoms with Gasteiger partial charge in [0, 0.05) is 6.07 Å². The third-order valence-corrected chi connectivity index (χ3v) is 5.24. The summed E-state index contributed by atoms with van der Waals surface area (Å²) >= 11 is 0. The van der Waals surface area contributed by atoms with E-state index >= 15 is 0 Å². The highest BCUT2D eigenvalue weighted by molar-refractivity contribution is 7.92. The topological polar surface area (TPSA) is 80.7 Å². The van der Waals surface area contributed by atoms with Crippen LogP contribution in [0.1, 0.15) is 31.1 Å². The standard InChI is InChI=1S/C13H17FO5S/c1-13(2,3)20(17,18)5-4-19-11-7-9(12(15)16)6-10(14)8-11/h6-8H,4-5H2,1-3H3,(H,15,16). The number of rotatable bonds is 5. The van der Waals surface area contributed by atoms with Crippen molar-refractivity contribution in [2.75, 3.05) is 12.4 Å². The van der Waals surface area contributed by atoms with Crippen LogP contribution in [-0.4, -0.2) is 36.6 Å². The molecule has 0 atom stereocenters. The first-order valence-corrected chi connectivity index (χ1v) is 7.57. The quantitative estimate of drug-likeness (QED) is 0.901. The maximum Gasteiger partial charge on any atom is 0.335 e. The van der Waals surface area contributed by atoms with Gasteiger partial charge in [0.05, 0.1) is 16.1 Å². The van der Waals surface area contributed by atoms with Crippen LogP contribution in [0.3, 0.4) is 0 Å². The lowest BCUT2D eigenvalue weighted by molar-refractivity contribution is 0.0695. The second-order valence-electron chi connectivity index (χ2n) is 5.26. The summed E-state index contributed by atoms with van der Waals surface area (Å²) in [5, 5.41) is 8.78. The summed E-state index contributed by atoms with van der Waals surface area (Å²) < 4.78 is 41.1. The van der Waals surface area contributed by atoms with E-state index in [1.54, 1.807) is 20.8 Å². The van der Waals surface area contributed by atoms with Crippen molar-refractivity contribution in [3.8, 4) is 5.75 Å². The second-order valence-corrected chi connectivity index (χ2v) is 8.12. The molecule has 1 rings (SSSR count). The van der Waals surface area contributed by atoms with Crippen molar-refractivity contribution in [2.24, 2.45) is 0 Å². The highest BCUT2D eigenvalue weighted by atomic mass is 32.2. The molecule has 1 aromatic rings. The zero-order chi connectivity index (χ0) is 15.6. The second kappa shape index (κ2) is 5.78. The molecule has 0 aromatic heterocycles. The molecule has 0 aliphatic carbocycles. The molecule has 7 heteroatoms. The van der Waals surface area contributed by atoms with Crippen LogP contribution in [0.4, 0.5) is 4.39 Å². The number of halogens is 1. The molecule has 5 nitrogen and oxygen atoms in total. The number of sulfone groups is 1. The summed E-state index contributed by atoms with van der Waals surface area (Å²) in [6, 6.07) is 3.02. The highest BCUT2D eigenvalue weighted by Crippen LogP contribution is 2.19. The maximum absolute atomic E-state index is 13.2. The molecular weight excluding hydrogens is 287 g/mol. The van der Waals surface area contributed by atoms with E-state index in [0.717, 1.165) is 18.2 Å². The molecule has 0 unspecified atom stereocenters. The van der Waals surface area contributed by atoms with Gasteiger partial charge in [-0.15, -0.1) is 0 Å². The van der Waals surface area contributed by atoms with Crippen LogP contribution in [0, 0.1) is 5.82 Å². The van der Waals surface area contributed by atoms with Gasteiger partial charge in [0.25, 0.3) is 0 Å². The van der Waals surface area contributed by atoms with Crippen molar-refractivity contribution in [2.45, 2.75) is 25.5 Å². The molecule has 0 amide bonds. The lowest BCUT2D eigenvalue weighted by Crippen LogP contribution is -2.32. The summed E-state index contributed by atoms with van der Waals surface area (Å²) in [6.07, 6.45) is 0. The number of carbonyl (C=O) groups is 1. The Hall–Kier alpha value is -1.63. The van der Waals surface area contributed by atoms with E-state index in [9.17, 15) is 17.6 Å². The number of hydrogen-bond acceptors (Lipinski definition) is 4. The molecule has 112 valence electrons. The lowest BCUT2D eigenvalue weighted by Gasteiger charge is -2.19. The zero-order valence-corrected chi connectivity index (χ0v) is 12.3. The van der Waals surface area contributed by atoms with E-state index in [1.807, 2.05) is 0 Å². The summed E-state index contributed by atoms with van der Waals surface area (Å²) in [7, 11) is -3.34.